The van der Waals surface area contributed by atoms with Crippen LogP contribution in [-0.2, 0) is 6.42 Å². The molecule has 1 aliphatic rings. The summed E-state index contributed by atoms with van der Waals surface area (Å²) in [6, 6.07) is 15.3. The maximum atomic E-state index is 12.3. The van der Waals surface area contributed by atoms with E-state index in [-0.39, 0.29) is 17.6 Å². The number of hydrogen-bond donors (Lipinski definition) is 1. The van der Waals surface area contributed by atoms with Crippen LogP contribution in [0.5, 0.6) is 5.75 Å². The number of halogens is 3. The van der Waals surface area contributed by atoms with E-state index in [2.05, 4.69) is 31.9 Å². The predicted octanol–water partition coefficient (Wildman–Crippen LogP) is 4.38. The molecule has 0 aliphatic carbocycles. The van der Waals surface area contributed by atoms with Gasteiger partial charge in [-0.2, -0.15) is 4.98 Å². The van der Waals surface area contributed by atoms with E-state index >= 15 is 0 Å². The van der Waals surface area contributed by atoms with Crippen LogP contribution in [0.15, 0.2) is 59.1 Å². The second-order valence-electron chi connectivity index (χ2n) is 7.52. The van der Waals surface area contributed by atoms with Crippen molar-refractivity contribution in [2.24, 2.45) is 0 Å². The molecule has 0 unspecified atom stereocenters. The van der Waals surface area contributed by atoms with Crippen LogP contribution in [0.3, 0.4) is 0 Å². The molecule has 1 aromatic heterocycles. The monoisotopic (exact) mass is 433 g/mol. The van der Waals surface area contributed by atoms with Crippen molar-refractivity contribution in [3.05, 3.63) is 66.1 Å². The standard InChI is InChI=1S/C22H22F3N3O3/c23-22(24,25)30-18-10-8-16(9-11-18)20-26-21(31-27-20)19-13-17(29)14-28(19)12-4-7-15-5-2-1-3-6-15/h1-3,5-6,8-11,17,19,29H,4,7,12-14H2/t17-,19+/m1/s1. The highest BCUT2D eigenvalue weighted by atomic mass is 19.4. The quantitative estimate of drug-likeness (QED) is 0.597. The highest BCUT2D eigenvalue weighted by Gasteiger charge is 2.35. The van der Waals surface area contributed by atoms with Gasteiger partial charge in [0.05, 0.1) is 12.1 Å². The van der Waals surface area contributed by atoms with Crippen molar-refractivity contribution in [2.45, 2.75) is 37.8 Å². The molecule has 0 radical (unpaired) electrons. The second kappa shape index (κ2) is 9.07. The molecule has 4 rings (SSSR count). The van der Waals surface area contributed by atoms with Gasteiger partial charge in [-0.05, 0) is 55.6 Å². The van der Waals surface area contributed by atoms with Gasteiger partial charge in [0.15, 0.2) is 0 Å². The maximum absolute atomic E-state index is 12.3. The number of hydrogen-bond acceptors (Lipinski definition) is 6. The molecule has 0 saturated carbocycles. The minimum atomic E-state index is -4.74. The van der Waals surface area contributed by atoms with Crippen LogP contribution in [0.25, 0.3) is 11.4 Å². The van der Waals surface area contributed by atoms with E-state index in [0.717, 1.165) is 19.4 Å². The molecule has 31 heavy (non-hydrogen) atoms. The summed E-state index contributed by atoms with van der Waals surface area (Å²) in [5, 5.41) is 14.1. The van der Waals surface area contributed by atoms with Gasteiger partial charge in [-0.15, -0.1) is 13.2 Å². The fourth-order valence-electron chi connectivity index (χ4n) is 3.81. The molecule has 2 heterocycles. The molecule has 1 fully saturated rings. The van der Waals surface area contributed by atoms with Crippen molar-refractivity contribution in [1.29, 1.82) is 0 Å². The minimum Gasteiger partial charge on any atom is -0.406 e. The summed E-state index contributed by atoms with van der Waals surface area (Å²) in [7, 11) is 0. The Morgan fingerprint density at radius 2 is 1.84 bits per heavy atom. The summed E-state index contributed by atoms with van der Waals surface area (Å²) in [4.78, 5) is 6.55. The number of ether oxygens (including phenoxy) is 1. The summed E-state index contributed by atoms with van der Waals surface area (Å²) in [6.07, 6.45) is -2.87. The Labute approximate surface area is 177 Å². The maximum Gasteiger partial charge on any atom is 0.573 e. The molecule has 1 saturated heterocycles. The number of aliphatic hydroxyl groups is 1. The number of aryl methyl sites for hydroxylation is 1. The first-order valence-corrected chi connectivity index (χ1v) is 10.0. The van der Waals surface area contributed by atoms with Crippen molar-refractivity contribution in [3.63, 3.8) is 0 Å². The summed E-state index contributed by atoms with van der Waals surface area (Å²) < 4.78 is 46.2. The molecule has 1 aliphatic heterocycles. The first kappa shape index (κ1) is 21.3. The molecule has 1 N–H and O–H groups in total. The lowest BCUT2D eigenvalue weighted by atomic mass is 10.1. The van der Waals surface area contributed by atoms with Crippen LogP contribution in [0.1, 0.15) is 30.3 Å². The third-order valence-corrected chi connectivity index (χ3v) is 5.21. The number of β-amino-alcohol motifs (C(OH)–C–C–N with tert-alkyl or cyclic N) is 1. The van der Waals surface area contributed by atoms with E-state index in [4.69, 9.17) is 4.52 Å². The molecule has 164 valence electrons. The van der Waals surface area contributed by atoms with Crippen LogP contribution in [0, 0.1) is 0 Å². The number of benzene rings is 2. The summed E-state index contributed by atoms with van der Waals surface area (Å²) >= 11 is 0. The highest BCUT2D eigenvalue weighted by Crippen LogP contribution is 2.33. The fourth-order valence-corrected chi connectivity index (χ4v) is 3.81. The Morgan fingerprint density at radius 3 is 2.55 bits per heavy atom. The fraction of sp³-hybridized carbons (Fsp3) is 0.364. The van der Waals surface area contributed by atoms with Crippen molar-refractivity contribution in [2.75, 3.05) is 13.1 Å². The van der Waals surface area contributed by atoms with Gasteiger partial charge in [0, 0.05) is 12.1 Å². The number of aromatic nitrogens is 2. The van der Waals surface area contributed by atoms with Crippen LogP contribution in [0.2, 0.25) is 0 Å². The first-order chi connectivity index (χ1) is 14.9. The Balaban J connectivity index is 1.40. The van der Waals surface area contributed by atoms with E-state index in [9.17, 15) is 18.3 Å². The van der Waals surface area contributed by atoms with Gasteiger partial charge < -0.3 is 14.4 Å². The smallest absolute Gasteiger partial charge is 0.406 e. The molecule has 3 aromatic rings. The average molecular weight is 433 g/mol. The largest absolute Gasteiger partial charge is 0.573 e. The highest BCUT2D eigenvalue weighted by molar-refractivity contribution is 5.55. The van der Waals surface area contributed by atoms with E-state index in [1.54, 1.807) is 0 Å². The molecule has 2 aromatic carbocycles. The molecule has 9 heteroatoms. The summed E-state index contributed by atoms with van der Waals surface area (Å²) in [6.45, 7) is 1.30. The predicted molar refractivity (Wildman–Crippen MR) is 106 cm³/mol. The van der Waals surface area contributed by atoms with Crippen LogP contribution >= 0.6 is 0 Å². The van der Waals surface area contributed by atoms with Crippen molar-refractivity contribution < 1.29 is 27.5 Å². The Kier molecular flexibility index (Phi) is 6.24. The van der Waals surface area contributed by atoms with E-state index in [1.807, 2.05) is 18.2 Å². The molecule has 0 spiro atoms. The zero-order valence-electron chi connectivity index (χ0n) is 16.6. The molecule has 0 amide bonds. The number of likely N-dealkylation sites (tertiary alicyclic amines) is 1. The molecule has 0 bridgehead atoms. The topological polar surface area (TPSA) is 71.6 Å². The van der Waals surface area contributed by atoms with Crippen molar-refractivity contribution >= 4 is 0 Å². The minimum absolute atomic E-state index is 0.195. The summed E-state index contributed by atoms with van der Waals surface area (Å²) in [5.41, 5.74) is 1.77. The van der Waals surface area contributed by atoms with Gasteiger partial charge in [0.1, 0.15) is 5.75 Å². The lowest BCUT2D eigenvalue weighted by Gasteiger charge is -2.20. The third kappa shape index (κ3) is 5.62. The Morgan fingerprint density at radius 1 is 1.10 bits per heavy atom. The van der Waals surface area contributed by atoms with Gasteiger partial charge >= 0.3 is 6.36 Å². The lowest BCUT2D eigenvalue weighted by molar-refractivity contribution is -0.274. The Bertz CT molecular complexity index is 977. The van der Waals surface area contributed by atoms with Crippen LogP contribution in [0.4, 0.5) is 13.2 Å². The molecular weight excluding hydrogens is 411 g/mol. The van der Waals surface area contributed by atoms with Crippen molar-refractivity contribution in [1.82, 2.24) is 15.0 Å². The first-order valence-electron chi connectivity index (χ1n) is 10.0. The number of nitrogens with zero attached hydrogens (tertiary/aromatic N) is 3. The van der Waals surface area contributed by atoms with Crippen LogP contribution in [-0.4, -0.2) is 45.7 Å². The normalized spacial score (nSPS) is 19.6. The summed E-state index contributed by atoms with van der Waals surface area (Å²) in [5.74, 6) is 0.351. The number of aliphatic hydroxyl groups excluding tert-OH is 1. The van der Waals surface area contributed by atoms with Gasteiger partial charge in [-0.25, -0.2) is 0 Å². The van der Waals surface area contributed by atoms with Gasteiger partial charge in [0.2, 0.25) is 11.7 Å². The third-order valence-electron chi connectivity index (χ3n) is 5.21. The van der Waals surface area contributed by atoms with E-state index in [0.29, 0.717) is 24.4 Å². The van der Waals surface area contributed by atoms with Gasteiger partial charge in [-0.1, -0.05) is 35.5 Å². The van der Waals surface area contributed by atoms with E-state index in [1.165, 1.54) is 29.8 Å². The average Bonchev–Trinajstić information content (AvgIpc) is 3.35. The molecule has 6 nitrogen and oxygen atoms in total. The van der Waals surface area contributed by atoms with E-state index < -0.39 is 12.5 Å². The van der Waals surface area contributed by atoms with Crippen LogP contribution < -0.4 is 4.74 Å². The number of rotatable bonds is 7. The Hall–Kier alpha value is -2.91. The molecular formula is C22H22F3N3O3. The zero-order valence-corrected chi connectivity index (χ0v) is 16.6. The molecule has 2 atom stereocenters. The lowest BCUT2D eigenvalue weighted by Crippen LogP contribution is -2.26. The van der Waals surface area contributed by atoms with Gasteiger partial charge in [-0.3, -0.25) is 4.90 Å². The SMILES string of the molecule is O[C@@H]1C[C@@H](c2nc(-c3ccc(OC(F)(F)F)cc3)no2)N(CCCc2ccccc2)C1. The van der Waals surface area contributed by atoms with Gasteiger partial charge in [0.25, 0.3) is 0 Å². The second-order valence-corrected chi connectivity index (χ2v) is 7.52. The number of alkyl halides is 3. The zero-order chi connectivity index (χ0) is 21.8. The van der Waals surface area contributed by atoms with Crippen molar-refractivity contribution in [3.8, 4) is 17.1 Å².